The van der Waals surface area contributed by atoms with Crippen molar-refractivity contribution in [3.63, 3.8) is 0 Å². The zero-order valence-corrected chi connectivity index (χ0v) is 16.2. The third-order valence-corrected chi connectivity index (χ3v) is 5.09. The van der Waals surface area contributed by atoms with Crippen LogP contribution in [0.25, 0.3) is 0 Å². The lowest BCUT2D eigenvalue weighted by Crippen LogP contribution is -2.41. The van der Waals surface area contributed by atoms with Crippen LogP contribution in [0.2, 0.25) is 0 Å². The molecule has 0 radical (unpaired) electrons. The number of amides is 2. The summed E-state index contributed by atoms with van der Waals surface area (Å²) in [6.45, 7) is 0.782. The molecule has 28 heavy (non-hydrogen) atoms. The van der Waals surface area contributed by atoms with E-state index in [4.69, 9.17) is 14.2 Å². The molecule has 1 saturated carbocycles. The van der Waals surface area contributed by atoms with E-state index in [1.165, 1.54) is 7.11 Å². The van der Waals surface area contributed by atoms with Crippen LogP contribution in [0.5, 0.6) is 11.5 Å². The molecule has 2 aliphatic rings. The Morgan fingerprint density at radius 3 is 2.36 bits per heavy atom. The molecule has 1 saturated heterocycles. The van der Waals surface area contributed by atoms with Gasteiger partial charge in [-0.1, -0.05) is 0 Å². The third kappa shape index (κ3) is 4.94. The van der Waals surface area contributed by atoms with Gasteiger partial charge in [0.05, 0.1) is 25.8 Å². The molecule has 2 fully saturated rings. The van der Waals surface area contributed by atoms with E-state index >= 15 is 0 Å². The Bertz CT molecular complexity index is 738. The first-order valence-corrected chi connectivity index (χ1v) is 9.49. The van der Waals surface area contributed by atoms with Gasteiger partial charge in [0, 0.05) is 25.1 Å². The molecule has 1 heterocycles. The fourth-order valence-electron chi connectivity index (χ4n) is 3.27. The number of esters is 1. The molecular weight excluding hydrogens is 364 g/mol. The number of benzene rings is 1. The van der Waals surface area contributed by atoms with E-state index in [-0.39, 0.29) is 24.3 Å². The smallest absolute Gasteiger partial charge is 0.309 e. The molecule has 0 unspecified atom stereocenters. The van der Waals surface area contributed by atoms with Crippen molar-refractivity contribution >= 4 is 23.5 Å². The second-order valence-electron chi connectivity index (χ2n) is 7.10. The number of hydrogen-bond donors (Lipinski definition) is 1. The summed E-state index contributed by atoms with van der Waals surface area (Å²) in [5, 5.41) is 2.66. The highest BCUT2D eigenvalue weighted by molar-refractivity contribution is 5.94. The zero-order chi connectivity index (χ0) is 20.1. The van der Waals surface area contributed by atoms with Crippen molar-refractivity contribution < 1.29 is 28.6 Å². The van der Waals surface area contributed by atoms with Crippen molar-refractivity contribution in [2.24, 2.45) is 11.8 Å². The summed E-state index contributed by atoms with van der Waals surface area (Å²) in [6.07, 6.45) is 3.11. The SMILES string of the molecule is COc1ccc(NC(=O)COC(=O)C2CCN(C(=O)C3CC3)CC2)c(OC)c1. The predicted molar refractivity (Wildman–Crippen MR) is 101 cm³/mol. The minimum Gasteiger partial charge on any atom is -0.497 e. The van der Waals surface area contributed by atoms with Crippen LogP contribution >= 0.6 is 0 Å². The van der Waals surface area contributed by atoms with E-state index in [0.717, 1.165) is 12.8 Å². The second-order valence-corrected chi connectivity index (χ2v) is 7.10. The Labute approximate surface area is 164 Å². The largest absolute Gasteiger partial charge is 0.497 e. The van der Waals surface area contributed by atoms with Crippen LogP contribution in [0.3, 0.4) is 0 Å². The Balaban J connectivity index is 1.43. The van der Waals surface area contributed by atoms with E-state index in [0.29, 0.717) is 43.1 Å². The molecule has 2 amide bonds. The Morgan fingerprint density at radius 2 is 1.75 bits per heavy atom. The van der Waals surface area contributed by atoms with Crippen LogP contribution in [0.4, 0.5) is 5.69 Å². The number of anilines is 1. The van der Waals surface area contributed by atoms with Crippen LogP contribution < -0.4 is 14.8 Å². The molecular formula is C20H26N2O6. The van der Waals surface area contributed by atoms with Crippen LogP contribution in [-0.2, 0) is 19.1 Å². The molecule has 1 aliphatic heterocycles. The van der Waals surface area contributed by atoms with Gasteiger partial charge in [-0.3, -0.25) is 14.4 Å². The van der Waals surface area contributed by atoms with Crippen molar-refractivity contribution in [1.82, 2.24) is 4.90 Å². The minimum absolute atomic E-state index is 0.196. The third-order valence-electron chi connectivity index (χ3n) is 5.09. The first-order valence-electron chi connectivity index (χ1n) is 9.49. The summed E-state index contributed by atoms with van der Waals surface area (Å²) in [5.41, 5.74) is 0.469. The summed E-state index contributed by atoms with van der Waals surface area (Å²) < 4.78 is 15.5. The maximum atomic E-state index is 12.2. The second kappa shape index (κ2) is 8.95. The van der Waals surface area contributed by atoms with Gasteiger partial charge in [0.25, 0.3) is 5.91 Å². The fourth-order valence-corrected chi connectivity index (χ4v) is 3.27. The molecule has 8 heteroatoms. The average Bonchev–Trinajstić information content (AvgIpc) is 3.57. The normalized spacial score (nSPS) is 17.0. The van der Waals surface area contributed by atoms with Crippen molar-refractivity contribution in [2.75, 3.05) is 39.2 Å². The minimum atomic E-state index is -0.446. The molecule has 0 atom stereocenters. The maximum absolute atomic E-state index is 12.2. The van der Waals surface area contributed by atoms with E-state index in [1.807, 2.05) is 4.90 Å². The standard InChI is InChI=1S/C20H26N2O6/c1-26-15-5-6-16(17(11-15)27-2)21-18(23)12-28-20(25)14-7-9-22(10-8-14)19(24)13-3-4-13/h5-6,11,13-14H,3-4,7-10,12H2,1-2H3,(H,21,23). The first kappa shape index (κ1) is 20.0. The molecule has 8 nitrogen and oxygen atoms in total. The monoisotopic (exact) mass is 390 g/mol. The number of ether oxygens (including phenoxy) is 3. The highest BCUT2D eigenvalue weighted by Gasteiger charge is 2.36. The van der Waals surface area contributed by atoms with Gasteiger partial charge in [0.15, 0.2) is 6.61 Å². The Kier molecular flexibility index (Phi) is 6.38. The van der Waals surface area contributed by atoms with Gasteiger partial charge in [-0.2, -0.15) is 0 Å². The van der Waals surface area contributed by atoms with Gasteiger partial charge in [-0.05, 0) is 37.8 Å². The topological polar surface area (TPSA) is 94.2 Å². The van der Waals surface area contributed by atoms with E-state index in [1.54, 1.807) is 25.3 Å². The molecule has 0 spiro atoms. The van der Waals surface area contributed by atoms with Crippen LogP contribution in [-0.4, -0.2) is 56.6 Å². The number of methoxy groups -OCH3 is 2. The van der Waals surface area contributed by atoms with Gasteiger partial charge in [0.2, 0.25) is 5.91 Å². The zero-order valence-electron chi connectivity index (χ0n) is 16.2. The van der Waals surface area contributed by atoms with E-state index < -0.39 is 11.9 Å². The lowest BCUT2D eigenvalue weighted by Gasteiger charge is -2.31. The van der Waals surface area contributed by atoms with Crippen LogP contribution in [0.15, 0.2) is 18.2 Å². The number of nitrogens with one attached hydrogen (secondary N) is 1. The van der Waals surface area contributed by atoms with Gasteiger partial charge < -0.3 is 24.4 Å². The number of likely N-dealkylation sites (tertiary alicyclic amines) is 1. The average molecular weight is 390 g/mol. The molecule has 0 bridgehead atoms. The highest BCUT2D eigenvalue weighted by Crippen LogP contribution is 2.32. The van der Waals surface area contributed by atoms with Crippen LogP contribution in [0, 0.1) is 11.8 Å². The number of hydrogen-bond acceptors (Lipinski definition) is 6. The molecule has 1 aliphatic carbocycles. The molecule has 0 aromatic heterocycles. The fraction of sp³-hybridized carbons (Fsp3) is 0.550. The summed E-state index contributed by atoms with van der Waals surface area (Å²) in [7, 11) is 3.03. The van der Waals surface area contributed by atoms with Crippen LogP contribution in [0.1, 0.15) is 25.7 Å². The molecule has 1 aromatic rings. The molecule has 1 aromatic carbocycles. The summed E-state index contributed by atoms with van der Waals surface area (Å²) in [6, 6.07) is 5.00. The summed E-state index contributed by atoms with van der Waals surface area (Å²) in [5.74, 6) is 0.349. The van der Waals surface area contributed by atoms with Crippen molar-refractivity contribution in [3.8, 4) is 11.5 Å². The van der Waals surface area contributed by atoms with Crippen molar-refractivity contribution in [2.45, 2.75) is 25.7 Å². The number of nitrogens with zero attached hydrogens (tertiary/aromatic N) is 1. The molecule has 1 N–H and O–H groups in total. The number of carbonyl (C=O) groups is 3. The van der Waals surface area contributed by atoms with Crippen molar-refractivity contribution in [3.05, 3.63) is 18.2 Å². The Hall–Kier alpha value is -2.77. The Morgan fingerprint density at radius 1 is 1.04 bits per heavy atom. The quantitative estimate of drug-likeness (QED) is 0.714. The van der Waals surface area contributed by atoms with Gasteiger partial charge >= 0.3 is 5.97 Å². The molecule has 152 valence electrons. The highest BCUT2D eigenvalue weighted by atomic mass is 16.5. The van der Waals surface area contributed by atoms with Crippen molar-refractivity contribution in [1.29, 1.82) is 0 Å². The maximum Gasteiger partial charge on any atom is 0.309 e. The lowest BCUT2D eigenvalue weighted by molar-refractivity contribution is -0.154. The number of rotatable bonds is 7. The first-order chi connectivity index (χ1) is 13.5. The number of piperidine rings is 1. The predicted octanol–water partition coefficient (Wildman–Crippen LogP) is 1.83. The summed E-state index contributed by atoms with van der Waals surface area (Å²) >= 11 is 0. The van der Waals surface area contributed by atoms with Gasteiger partial charge in [-0.15, -0.1) is 0 Å². The number of carbonyl (C=O) groups excluding carboxylic acids is 3. The summed E-state index contributed by atoms with van der Waals surface area (Å²) in [4.78, 5) is 38.2. The lowest BCUT2D eigenvalue weighted by atomic mass is 9.97. The van der Waals surface area contributed by atoms with Gasteiger partial charge in [-0.25, -0.2) is 0 Å². The molecule has 3 rings (SSSR count). The van der Waals surface area contributed by atoms with Gasteiger partial charge in [0.1, 0.15) is 11.5 Å². The van der Waals surface area contributed by atoms with E-state index in [9.17, 15) is 14.4 Å². The van der Waals surface area contributed by atoms with E-state index in [2.05, 4.69) is 5.32 Å².